The van der Waals surface area contributed by atoms with Gasteiger partial charge in [0.2, 0.25) is 0 Å². The third-order valence-electron chi connectivity index (χ3n) is 4.47. The Balaban J connectivity index is 1.64. The van der Waals surface area contributed by atoms with Crippen molar-refractivity contribution in [3.8, 4) is 0 Å². The molecular formula is C19H33N5. The molecule has 0 amide bonds. The first-order valence-corrected chi connectivity index (χ1v) is 9.47. The fraction of sp³-hybridized carbons (Fsp3) is 0.684. The van der Waals surface area contributed by atoms with E-state index in [4.69, 9.17) is 0 Å². The maximum absolute atomic E-state index is 4.69. The van der Waals surface area contributed by atoms with Crippen molar-refractivity contribution in [1.29, 1.82) is 0 Å². The lowest BCUT2D eigenvalue weighted by Gasteiger charge is -2.15. The number of imidazole rings is 1. The van der Waals surface area contributed by atoms with E-state index in [1.807, 2.05) is 19.3 Å². The second kappa shape index (κ2) is 10.9. The third kappa shape index (κ3) is 6.77. The van der Waals surface area contributed by atoms with Crippen molar-refractivity contribution in [2.24, 2.45) is 4.99 Å². The summed E-state index contributed by atoms with van der Waals surface area (Å²) >= 11 is 0. The van der Waals surface area contributed by atoms with Crippen molar-refractivity contribution in [1.82, 2.24) is 20.2 Å². The number of rotatable bonds is 9. The van der Waals surface area contributed by atoms with Crippen LogP contribution >= 0.6 is 0 Å². The SMILES string of the molecule is CCNC(=NCCCCn1ccnc1C)NCCC1=CCCCC1. The van der Waals surface area contributed by atoms with Gasteiger partial charge in [0.25, 0.3) is 0 Å². The summed E-state index contributed by atoms with van der Waals surface area (Å²) in [6.45, 7) is 7.94. The molecule has 5 nitrogen and oxygen atoms in total. The molecule has 2 rings (SSSR count). The molecule has 134 valence electrons. The van der Waals surface area contributed by atoms with Gasteiger partial charge in [0.1, 0.15) is 5.82 Å². The van der Waals surface area contributed by atoms with E-state index in [9.17, 15) is 0 Å². The van der Waals surface area contributed by atoms with E-state index >= 15 is 0 Å². The fourth-order valence-corrected chi connectivity index (χ4v) is 3.04. The maximum atomic E-state index is 4.69. The molecule has 0 spiro atoms. The Morgan fingerprint density at radius 1 is 1.29 bits per heavy atom. The zero-order chi connectivity index (χ0) is 17.0. The van der Waals surface area contributed by atoms with E-state index < -0.39 is 0 Å². The van der Waals surface area contributed by atoms with Crippen LogP contribution in [0.2, 0.25) is 0 Å². The lowest BCUT2D eigenvalue weighted by molar-refractivity contribution is 0.600. The van der Waals surface area contributed by atoms with Gasteiger partial charge >= 0.3 is 0 Å². The number of hydrogen-bond acceptors (Lipinski definition) is 2. The number of aliphatic imine (C=N–C) groups is 1. The van der Waals surface area contributed by atoms with Crippen LogP contribution in [0.1, 0.15) is 57.7 Å². The molecule has 24 heavy (non-hydrogen) atoms. The molecule has 0 saturated carbocycles. The summed E-state index contributed by atoms with van der Waals surface area (Å²) < 4.78 is 2.20. The largest absolute Gasteiger partial charge is 0.357 e. The normalized spacial score (nSPS) is 15.2. The van der Waals surface area contributed by atoms with E-state index in [0.717, 1.165) is 57.2 Å². The Labute approximate surface area is 146 Å². The highest BCUT2D eigenvalue weighted by Gasteiger charge is 2.04. The summed E-state index contributed by atoms with van der Waals surface area (Å²) in [6, 6.07) is 0. The standard InChI is InChI=1S/C19H33N5/c1-3-20-19(23-13-11-18-9-5-4-6-10-18)22-12-7-8-15-24-16-14-21-17(24)2/h9,14,16H,3-8,10-13,15H2,1-2H3,(H2,20,22,23). The minimum atomic E-state index is 0.867. The number of aryl methyl sites for hydroxylation is 2. The van der Waals surface area contributed by atoms with Gasteiger partial charge in [0.05, 0.1) is 0 Å². The highest BCUT2D eigenvalue weighted by molar-refractivity contribution is 5.79. The summed E-state index contributed by atoms with van der Waals surface area (Å²) in [4.78, 5) is 8.94. The van der Waals surface area contributed by atoms with E-state index in [1.165, 1.54) is 25.7 Å². The van der Waals surface area contributed by atoms with E-state index in [2.05, 4.69) is 38.2 Å². The van der Waals surface area contributed by atoms with Crippen LogP contribution in [0.4, 0.5) is 0 Å². The average molecular weight is 332 g/mol. The van der Waals surface area contributed by atoms with Crippen molar-refractivity contribution in [3.63, 3.8) is 0 Å². The van der Waals surface area contributed by atoms with Crippen molar-refractivity contribution >= 4 is 5.96 Å². The Morgan fingerprint density at radius 2 is 2.21 bits per heavy atom. The topological polar surface area (TPSA) is 54.2 Å². The van der Waals surface area contributed by atoms with Gasteiger partial charge in [0, 0.05) is 38.6 Å². The summed E-state index contributed by atoms with van der Waals surface area (Å²) in [6.07, 6.45) is 15.0. The maximum Gasteiger partial charge on any atom is 0.191 e. The summed E-state index contributed by atoms with van der Waals surface area (Å²) in [5, 5.41) is 6.80. The number of aromatic nitrogens is 2. The second-order valence-corrected chi connectivity index (χ2v) is 6.42. The van der Waals surface area contributed by atoms with Crippen LogP contribution in [0.25, 0.3) is 0 Å². The number of hydrogen-bond donors (Lipinski definition) is 2. The van der Waals surface area contributed by atoms with Crippen molar-refractivity contribution in [2.75, 3.05) is 19.6 Å². The quantitative estimate of drug-likeness (QED) is 0.315. The van der Waals surface area contributed by atoms with Crippen molar-refractivity contribution in [3.05, 3.63) is 29.9 Å². The molecular weight excluding hydrogens is 298 g/mol. The molecule has 0 aromatic carbocycles. The second-order valence-electron chi connectivity index (χ2n) is 6.42. The summed E-state index contributed by atoms with van der Waals surface area (Å²) in [5.74, 6) is 2.04. The van der Waals surface area contributed by atoms with Gasteiger partial charge in [-0.3, -0.25) is 4.99 Å². The van der Waals surface area contributed by atoms with Crippen LogP contribution in [-0.2, 0) is 6.54 Å². The van der Waals surface area contributed by atoms with Gasteiger partial charge < -0.3 is 15.2 Å². The summed E-state index contributed by atoms with van der Waals surface area (Å²) in [7, 11) is 0. The third-order valence-corrected chi connectivity index (χ3v) is 4.47. The lowest BCUT2D eigenvalue weighted by Crippen LogP contribution is -2.38. The molecule has 1 aromatic rings. The minimum absolute atomic E-state index is 0.867. The first-order chi connectivity index (χ1) is 11.8. The zero-order valence-corrected chi connectivity index (χ0v) is 15.4. The number of nitrogens with one attached hydrogen (secondary N) is 2. The predicted molar refractivity (Wildman–Crippen MR) is 101 cm³/mol. The zero-order valence-electron chi connectivity index (χ0n) is 15.4. The predicted octanol–water partition coefficient (Wildman–Crippen LogP) is 3.42. The molecule has 1 aliphatic rings. The molecule has 0 radical (unpaired) electrons. The van der Waals surface area contributed by atoms with Gasteiger partial charge in [-0.05, 0) is 58.8 Å². The van der Waals surface area contributed by atoms with Crippen LogP contribution in [-0.4, -0.2) is 35.1 Å². The monoisotopic (exact) mass is 331 g/mol. The van der Waals surface area contributed by atoms with Crippen LogP contribution in [0.5, 0.6) is 0 Å². The molecule has 0 fully saturated rings. The molecule has 0 aliphatic heterocycles. The fourth-order valence-electron chi connectivity index (χ4n) is 3.04. The smallest absolute Gasteiger partial charge is 0.191 e. The van der Waals surface area contributed by atoms with Crippen LogP contribution in [0.15, 0.2) is 29.0 Å². The molecule has 0 bridgehead atoms. The van der Waals surface area contributed by atoms with E-state index in [0.29, 0.717) is 0 Å². The highest BCUT2D eigenvalue weighted by atomic mass is 15.2. The molecule has 0 saturated heterocycles. The molecule has 1 heterocycles. The van der Waals surface area contributed by atoms with Gasteiger partial charge in [-0.1, -0.05) is 11.6 Å². The van der Waals surface area contributed by atoms with Crippen molar-refractivity contribution in [2.45, 2.75) is 65.3 Å². The molecule has 5 heteroatoms. The van der Waals surface area contributed by atoms with E-state index in [-0.39, 0.29) is 0 Å². The first-order valence-electron chi connectivity index (χ1n) is 9.47. The Morgan fingerprint density at radius 3 is 2.92 bits per heavy atom. The highest BCUT2D eigenvalue weighted by Crippen LogP contribution is 2.19. The van der Waals surface area contributed by atoms with Gasteiger partial charge in [-0.15, -0.1) is 0 Å². The molecule has 1 aromatic heterocycles. The summed E-state index contributed by atoms with van der Waals surface area (Å²) in [5.41, 5.74) is 1.61. The number of allylic oxidation sites excluding steroid dienone is 1. The number of unbranched alkanes of at least 4 members (excludes halogenated alkanes) is 1. The Hall–Kier alpha value is -1.78. The number of guanidine groups is 1. The van der Waals surface area contributed by atoms with Crippen LogP contribution in [0.3, 0.4) is 0 Å². The Bertz CT molecular complexity index is 530. The van der Waals surface area contributed by atoms with Gasteiger partial charge in [0.15, 0.2) is 5.96 Å². The lowest BCUT2D eigenvalue weighted by atomic mass is 9.97. The van der Waals surface area contributed by atoms with Crippen LogP contribution in [0, 0.1) is 6.92 Å². The first kappa shape index (κ1) is 18.6. The number of nitrogens with zero attached hydrogens (tertiary/aromatic N) is 3. The van der Waals surface area contributed by atoms with Gasteiger partial charge in [-0.2, -0.15) is 0 Å². The minimum Gasteiger partial charge on any atom is -0.357 e. The molecule has 0 unspecified atom stereocenters. The average Bonchev–Trinajstić information content (AvgIpc) is 3.00. The van der Waals surface area contributed by atoms with Crippen LogP contribution < -0.4 is 10.6 Å². The Kier molecular flexibility index (Phi) is 8.42. The van der Waals surface area contributed by atoms with E-state index in [1.54, 1.807) is 5.57 Å². The molecule has 1 aliphatic carbocycles. The van der Waals surface area contributed by atoms with Crippen molar-refractivity contribution < 1.29 is 0 Å². The molecule has 2 N–H and O–H groups in total. The molecule has 0 atom stereocenters. The van der Waals surface area contributed by atoms with Gasteiger partial charge in [-0.25, -0.2) is 4.98 Å².